The highest BCUT2D eigenvalue weighted by atomic mass is 16.2. The van der Waals surface area contributed by atoms with Crippen molar-refractivity contribution in [2.45, 2.75) is 59.4 Å². The molecule has 0 radical (unpaired) electrons. The topological polar surface area (TPSA) is 46.3 Å². The van der Waals surface area contributed by atoms with Gasteiger partial charge >= 0.3 is 0 Å². The van der Waals surface area contributed by atoms with Crippen LogP contribution in [0.2, 0.25) is 0 Å². The number of amides is 1. The van der Waals surface area contributed by atoms with Crippen LogP contribution in [0, 0.1) is 11.8 Å². The Kier molecular flexibility index (Phi) is 8.23. The van der Waals surface area contributed by atoms with E-state index >= 15 is 0 Å². The van der Waals surface area contributed by atoms with Crippen molar-refractivity contribution in [1.29, 1.82) is 0 Å². The molecule has 102 valence electrons. The summed E-state index contributed by atoms with van der Waals surface area (Å²) in [6.07, 6.45) is 4.08. The van der Waals surface area contributed by atoms with Crippen LogP contribution in [0.1, 0.15) is 53.4 Å². The van der Waals surface area contributed by atoms with Gasteiger partial charge in [0.2, 0.25) is 5.91 Å². The van der Waals surface area contributed by atoms with E-state index in [0.717, 1.165) is 32.2 Å². The van der Waals surface area contributed by atoms with Crippen molar-refractivity contribution >= 4 is 5.91 Å². The first-order valence-corrected chi connectivity index (χ1v) is 6.85. The molecule has 0 aliphatic heterocycles. The van der Waals surface area contributed by atoms with Gasteiger partial charge in [-0.3, -0.25) is 4.79 Å². The predicted molar refractivity (Wildman–Crippen MR) is 73.8 cm³/mol. The number of nitrogens with zero attached hydrogens (tertiary/aromatic N) is 1. The largest absolute Gasteiger partial charge is 0.346 e. The van der Waals surface area contributed by atoms with Crippen LogP contribution in [0.15, 0.2) is 0 Å². The van der Waals surface area contributed by atoms with Crippen molar-refractivity contribution in [2.24, 2.45) is 17.6 Å². The maximum Gasteiger partial charge on any atom is 0.225 e. The van der Waals surface area contributed by atoms with Gasteiger partial charge in [0, 0.05) is 25.6 Å². The minimum atomic E-state index is 0.130. The van der Waals surface area contributed by atoms with Gasteiger partial charge in [0.05, 0.1) is 0 Å². The maximum atomic E-state index is 12.0. The molecular formula is C14H30N2O. The second-order valence-corrected chi connectivity index (χ2v) is 5.75. The van der Waals surface area contributed by atoms with Crippen molar-refractivity contribution < 1.29 is 4.79 Å². The van der Waals surface area contributed by atoms with Crippen LogP contribution < -0.4 is 5.73 Å². The van der Waals surface area contributed by atoms with Gasteiger partial charge < -0.3 is 10.6 Å². The predicted octanol–water partition coefficient (Wildman–Crippen LogP) is 2.64. The Morgan fingerprint density at radius 3 is 2.18 bits per heavy atom. The molecule has 2 N–H and O–H groups in total. The fourth-order valence-electron chi connectivity index (χ4n) is 1.81. The average Bonchev–Trinajstić information content (AvgIpc) is 2.24. The van der Waals surface area contributed by atoms with Crippen LogP contribution in [0.4, 0.5) is 0 Å². The number of carbonyl (C=O) groups excluding carboxylic acids is 1. The second-order valence-electron chi connectivity index (χ2n) is 5.75. The highest BCUT2D eigenvalue weighted by Crippen LogP contribution is 2.12. The Bertz CT molecular complexity index is 214. The van der Waals surface area contributed by atoms with Gasteiger partial charge in [-0.25, -0.2) is 0 Å². The smallest absolute Gasteiger partial charge is 0.225 e. The lowest BCUT2D eigenvalue weighted by molar-refractivity contribution is -0.134. The molecule has 0 aliphatic carbocycles. The molecule has 0 fully saturated rings. The Hall–Kier alpha value is -0.570. The molecule has 1 amide bonds. The molecule has 0 saturated heterocycles. The zero-order valence-corrected chi connectivity index (χ0v) is 12.2. The highest BCUT2D eigenvalue weighted by molar-refractivity contribution is 5.78. The third kappa shape index (κ3) is 8.19. The SMILES string of the molecule is CC(C)CCN(C)C(=O)C(C)CCCC(C)N. The first-order valence-electron chi connectivity index (χ1n) is 6.85. The van der Waals surface area contributed by atoms with Crippen molar-refractivity contribution in [1.82, 2.24) is 4.90 Å². The maximum absolute atomic E-state index is 12.0. The van der Waals surface area contributed by atoms with E-state index in [1.54, 1.807) is 0 Å². The van der Waals surface area contributed by atoms with E-state index in [4.69, 9.17) is 5.73 Å². The third-order valence-electron chi connectivity index (χ3n) is 3.14. The molecule has 0 aliphatic rings. The Morgan fingerprint density at radius 1 is 1.12 bits per heavy atom. The van der Waals surface area contributed by atoms with Gasteiger partial charge in [-0.1, -0.05) is 27.2 Å². The fourth-order valence-corrected chi connectivity index (χ4v) is 1.81. The molecule has 3 nitrogen and oxygen atoms in total. The standard InChI is InChI=1S/C14H30N2O/c1-11(2)9-10-16(5)14(17)12(3)7-6-8-13(4)15/h11-13H,6-10,15H2,1-5H3. The summed E-state index contributed by atoms with van der Waals surface area (Å²) in [4.78, 5) is 13.9. The quantitative estimate of drug-likeness (QED) is 0.711. The lowest BCUT2D eigenvalue weighted by atomic mass is 10.0. The van der Waals surface area contributed by atoms with Crippen LogP contribution >= 0.6 is 0 Å². The minimum absolute atomic E-state index is 0.130. The summed E-state index contributed by atoms with van der Waals surface area (Å²) >= 11 is 0. The average molecular weight is 242 g/mol. The van der Waals surface area contributed by atoms with Crippen LogP contribution in [0.3, 0.4) is 0 Å². The summed E-state index contributed by atoms with van der Waals surface area (Å²) in [5.41, 5.74) is 5.70. The molecule has 0 rings (SSSR count). The second kappa shape index (κ2) is 8.51. The van der Waals surface area contributed by atoms with Gasteiger partial charge in [-0.05, 0) is 32.1 Å². The van der Waals surface area contributed by atoms with Crippen molar-refractivity contribution in [2.75, 3.05) is 13.6 Å². The lowest BCUT2D eigenvalue weighted by Gasteiger charge is -2.22. The van der Waals surface area contributed by atoms with Crippen LogP contribution in [-0.4, -0.2) is 30.4 Å². The Morgan fingerprint density at radius 2 is 1.71 bits per heavy atom. The summed E-state index contributed by atoms with van der Waals surface area (Å²) in [7, 11) is 1.91. The first kappa shape index (κ1) is 16.4. The van der Waals surface area contributed by atoms with E-state index in [0.29, 0.717) is 5.92 Å². The molecular weight excluding hydrogens is 212 g/mol. The van der Waals surface area contributed by atoms with E-state index in [2.05, 4.69) is 13.8 Å². The summed E-state index contributed by atoms with van der Waals surface area (Å²) in [5, 5.41) is 0. The molecule has 0 aromatic carbocycles. The molecule has 0 aromatic heterocycles. The summed E-state index contributed by atoms with van der Waals surface area (Å²) in [6.45, 7) is 9.28. The first-order chi connectivity index (χ1) is 7.84. The van der Waals surface area contributed by atoms with Crippen LogP contribution in [0.5, 0.6) is 0 Å². The summed E-state index contributed by atoms with van der Waals surface area (Å²) < 4.78 is 0. The number of rotatable bonds is 8. The molecule has 2 unspecified atom stereocenters. The molecule has 0 aromatic rings. The highest BCUT2D eigenvalue weighted by Gasteiger charge is 2.17. The van der Waals surface area contributed by atoms with Crippen molar-refractivity contribution in [3.63, 3.8) is 0 Å². The van der Waals surface area contributed by atoms with Crippen LogP contribution in [-0.2, 0) is 4.79 Å². The van der Waals surface area contributed by atoms with E-state index in [9.17, 15) is 4.79 Å². The van der Waals surface area contributed by atoms with E-state index in [1.807, 2.05) is 25.8 Å². The van der Waals surface area contributed by atoms with E-state index in [1.165, 1.54) is 0 Å². The minimum Gasteiger partial charge on any atom is -0.346 e. The molecule has 3 heteroatoms. The molecule has 17 heavy (non-hydrogen) atoms. The van der Waals surface area contributed by atoms with Gasteiger partial charge in [-0.15, -0.1) is 0 Å². The Balaban J connectivity index is 3.86. The van der Waals surface area contributed by atoms with E-state index < -0.39 is 0 Å². The number of hydrogen-bond acceptors (Lipinski definition) is 2. The lowest BCUT2D eigenvalue weighted by Crippen LogP contribution is -2.33. The van der Waals surface area contributed by atoms with Crippen molar-refractivity contribution in [3.05, 3.63) is 0 Å². The number of nitrogens with two attached hydrogens (primary N) is 1. The Labute approximate surface area is 107 Å². The molecule has 0 heterocycles. The van der Waals surface area contributed by atoms with E-state index in [-0.39, 0.29) is 17.9 Å². The number of carbonyl (C=O) groups is 1. The van der Waals surface area contributed by atoms with Crippen LogP contribution in [0.25, 0.3) is 0 Å². The molecule has 0 saturated carbocycles. The summed E-state index contributed by atoms with van der Waals surface area (Å²) in [6, 6.07) is 0.246. The molecule has 0 bridgehead atoms. The molecule has 2 atom stereocenters. The summed E-state index contributed by atoms with van der Waals surface area (Å²) in [5.74, 6) is 1.06. The third-order valence-corrected chi connectivity index (χ3v) is 3.14. The normalized spacial score (nSPS) is 14.8. The zero-order chi connectivity index (χ0) is 13.4. The number of hydrogen-bond donors (Lipinski definition) is 1. The van der Waals surface area contributed by atoms with Gasteiger partial charge in [-0.2, -0.15) is 0 Å². The fraction of sp³-hybridized carbons (Fsp3) is 0.929. The van der Waals surface area contributed by atoms with Gasteiger partial charge in [0.15, 0.2) is 0 Å². The molecule has 0 spiro atoms. The van der Waals surface area contributed by atoms with Gasteiger partial charge in [0.1, 0.15) is 0 Å². The monoisotopic (exact) mass is 242 g/mol. The van der Waals surface area contributed by atoms with Crippen molar-refractivity contribution in [3.8, 4) is 0 Å². The zero-order valence-electron chi connectivity index (χ0n) is 12.2. The van der Waals surface area contributed by atoms with Gasteiger partial charge in [0.25, 0.3) is 0 Å².